The minimum atomic E-state index is -0.786. The van der Waals surface area contributed by atoms with Gasteiger partial charge in [0.05, 0.1) is 11.1 Å². The van der Waals surface area contributed by atoms with E-state index in [2.05, 4.69) is 10.6 Å². The number of benzene rings is 1. The molecule has 0 saturated heterocycles. The molecule has 0 bridgehead atoms. The first-order chi connectivity index (χ1) is 9.33. The molecule has 1 aliphatic rings. The van der Waals surface area contributed by atoms with E-state index in [1.807, 2.05) is 0 Å². The van der Waals surface area contributed by atoms with Gasteiger partial charge in [0.15, 0.2) is 0 Å². The quantitative estimate of drug-likeness (QED) is 0.786. The van der Waals surface area contributed by atoms with Crippen molar-refractivity contribution < 1.29 is 14.0 Å². The van der Waals surface area contributed by atoms with Gasteiger partial charge in [0.25, 0.3) is 0 Å². The molecule has 1 heterocycles. The van der Waals surface area contributed by atoms with Gasteiger partial charge in [-0.05, 0) is 38.0 Å². The van der Waals surface area contributed by atoms with Crippen LogP contribution in [-0.4, -0.2) is 18.4 Å². The van der Waals surface area contributed by atoms with E-state index >= 15 is 0 Å². The van der Waals surface area contributed by atoms with Crippen molar-refractivity contribution in [3.05, 3.63) is 23.5 Å². The molecule has 0 saturated carbocycles. The van der Waals surface area contributed by atoms with Crippen molar-refractivity contribution in [3.8, 4) is 0 Å². The van der Waals surface area contributed by atoms with Gasteiger partial charge in [-0.2, -0.15) is 0 Å². The van der Waals surface area contributed by atoms with Crippen LogP contribution in [-0.2, 0) is 16.0 Å². The zero-order valence-electron chi connectivity index (χ0n) is 11.5. The van der Waals surface area contributed by atoms with Crippen LogP contribution in [0.3, 0.4) is 0 Å². The van der Waals surface area contributed by atoms with Gasteiger partial charge in [0.2, 0.25) is 11.8 Å². The van der Waals surface area contributed by atoms with Crippen molar-refractivity contribution >= 4 is 23.2 Å². The summed E-state index contributed by atoms with van der Waals surface area (Å²) in [6.07, 6.45) is 0.846. The lowest BCUT2D eigenvalue weighted by molar-refractivity contribution is -0.123. The smallest absolute Gasteiger partial charge is 0.231 e. The molecule has 20 heavy (non-hydrogen) atoms. The Bertz CT molecular complexity index is 570. The monoisotopic (exact) mass is 279 g/mol. The van der Waals surface area contributed by atoms with E-state index in [-0.39, 0.29) is 24.0 Å². The van der Waals surface area contributed by atoms with Gasteiger partial charge >= 0.3 is 0 Å². The number of hydrogen-bond donors (Lipinski definition) is 3. The van der Waals surface area contributed by atoms with Crippen molar-refractivity contribution in [2.45, 2.75) is 26.7 Å². The van der Waals surface area contributed by atoms with E-state index in [0.717, 1.165) is 5.56 Å². The fourth-order valence-electron chi connectivity index (χ4n) is 1.88. The summed E-state index contributed by atoms with van der Waals surface area (Å²) in [6, 6.07) is 2.80. The predicted octanol–water partition coefficient (Wildman–Crippen LogP) is 1.63. The standard InChI is InChI=1S/C14H18FN3O2/c1-14(2,7-16)13(20)18-11-6-10-8(5-9(11)15)3-4-12(19)17-10/h5-6H,3-4,7,16H2,1-2H3,(H,17,19)(H,18,20). The van der Waals surface area contributed by atoms with E-state index < -0.39 is 11.2 Å². The number of hydrogen-bond acceptors (Lipinski definition) is 3. The van der Waals surface area contributed by atoms with Crippen molar-refractivity contribution in [2.24, 2.45) is 11.1 Å². The molecule has 6 heteroatoms. The second kappa shape index (κ2) is 5.20. The van der Waals surface area contributed by atoms with Crippen molar-refractivity contribution in [1.29, 1.82) is 0 Å². The van der Waals surface area contributed by atoms with Crippen LogP contribution in [0.1, 0.15) is 25.8 Å². The molecule has 0 aliphatic carbocycles. The third kappa shape index (κ3) is 2.80. The molecule has 0 spiro atoms. The van der Waals surface area contributed by atoms with Crippen LogP contribution in [0.2, 0.25) is 0 Å². The van der Waals surface area contributed by atoms with Gasteiger partial charge in [0, 0.05) is 18.7 Å². The maximum Gasteiger partial charge on any atom is 0.231 e. The summed E-state index contributed by atoms with van der Waals surface area (Å²) in [4.78, 5) is 23.3. The Morgan fingerprint density at radius 1 is 1.45 bits per heavy atom. The molecule has 0 aromatic heterocycles. The van der Waals surface area contributed by atoms with Crippen LogP contribution in [0.15, 0.2) is 12.1 Å². The van der Waals surface area contributed by atoms with E-state index in [9.17, 15) is 14.0 Å². The lowest BCUT2D eigenvalue weighted by atomic mass is 9.92. The Labute approximate surface area is 116 Å². The molecule has 2 amide bonds. The van der Waals surface area contributed by atoms with Gasteiger partial charge in [-0.15, -0.1) is 0 Å². The number of halogens is 1. The molecule has 108 valence electrons. The van der Waals surface area contributed by atoms with E-state index in [4.69, 9.17) is 5.73 Å². The average molecular weight is 279 g/mol. The highest BCUT2D eigenvalue weighted by Crippen LogP contribution is 2.29. The Hall–Kier alpha value is -1.95. The summed E-state index contributed by atoms with van der Waals surface area (Å²) in [5.41, 5.74) is 6.06. The second-order valence-electron chi connectivity index (χ2n) is 5.58. The van der Waals surface area contributed by atoms with Gasteiger partial charge in [-0.3, -0.25) is 9.59 Å². The average Bonchev–Trinajstić information content (AvgIpc) is 2.40. The summed E-state index contributed by atoms with van der Waals surface area (Å²) < 4.78 is 14.0. The highest BCUT2D eigenvalue weighted by Gasteiger charge is 2.27. The van der Waals surface area contributed by atoms with E-state index in [1.54, 1.807) is 13.8 Å². The summed E-state index contributed by atoms with van der Waals surface area (Å²) in [5, 5.41) is 5.19. The van der Waals surface area contributed by atoms with Crippen LogP contribution in [0.25, 0.3) is 0 Å². The number of carbonyl (C=O) groups is 2. The lowest BCUT2D eigenvalue weighted by Crippen LogP contribution is -2.37. The molecule has 1 aromatic rings. The normalized spacial score (nSPS) is 14.5. The minimum Gasteiger partial charge on any atom is -0.329 e. The number of rotatable bonds is 3. The van der Waals surface area contributed by atoms with Crippen molar-refractivity contribution in [1.82, 2.24) is 0 Å². The van der Waals surface area contributed by atoms with Gasteiger partial charge < -0.3 is 16.4 Å². The molecular formula is C14H18FN3O2. The number of amides is 2. The van der Waals surface area contributed by atoms with Crippen molar-refractivity contribution in [3.63, 3.8) is 0 Å². The highest BCUT2D eigenvalue weighted by atomic mass is 19.1. The van der Waals surface area contributed by atoms with Crippen LogP contribution in [0, 0.1) is 11.2 Å². The van der Waals surface area contributed by atoms with Crippen LogP contribution < -0.4 is 16.4 Å². The molecule has 0 radical (unpaired) electrons. The largest absolute Gasteiger partial charge is 0.329 e. The topological polar surface area (TPSA) is 84.2 Å². The molecule has 2 rings (SSSR count). The Balaban J connectivity index is 2.27. The first-order valence-electron chi connectivity index (χ1n) is 6.47. The molecule has 0 atom stereocenters. The van der Waals surface area contributed by atoms with E-state index in [0.29, 0.717) is 18.5 Å². The molecular weight excluding hydrogens is 261 g/mol. The first-order valence-corrected chi connectivity index (χ1v) is 6.47. The SMILES string of the molecule is CC(C)(CN)C(=O)Nc1cc2c(cc1F)CCC(=O)N2. The molecule has 5 nitrogen and oxygen atoms in total. The Morgan fingerprint density at radius 2 is 2.15 bits per heavy atom. The van der Waals surface area contributed by atoms with E-state index in [1.165, 1.54) is 12.1 Å². The fraction of sp³-hybridized carbons (Fsp3) is 0.429. The summed E-state index contributed by atoms with van der Waals surface area (Å²) in [7, 11) is 0. The first kappa shape index (κ1) is 14.5. The molecule has 0 fully saturated rings. The molecule has 1 aliphatic heterocycles. The fourth-order valence-corrected chi connectivity index (χ4v) is 1.88. The molecule has 0 unspecified atom stereocenters. The van der Waals surface area contributed by atoms with Gasteiger partial charge in [-0.25, -0.2) is 4.39 Å². The molecule has 1 aromatic carbocycles. The summed E-state index contributed by atoms with van der Waals surface area (Å²) in [6.45, 7) is 3.52. The van der Waals surface area contributed by atoms with Crippen molar-refractivity contribution in [2.75, 3.05) is 17.2 Å². The lowest BCUT2D eigenvalue weighted by Gasteiger charge is -2.23. The number of carbonyl (C=O) groups excluding carboxylic acids is 2. The van der Waals surface area contributed by atoms with Crippen LogP contribution in [0.4, 0.5) is 15.8 Å². The maximum absolute atomic E-state index is 14.0. The number of fused-ring (bicyclic) bond motifs is 1. The zero-order valence-corrected chi connectivity index (χ0v) is 11.5. The number of aryl methyl sites for hydroxylation is 1. The highest BCUT2D eigenvalue weighted by molar-refractivity contribution is 5.98. The summed E-state index contributed by atoms with van der Waals surface area (Å²) >= 11 is 0. The predicted molar refractivity (Wildman–Crippen MR) is 74.8 cm³/mol. The van der Waals surface area contributed by atoms with Gasteiger partial charge in [0.1, 0.15) is 5.82 Å². The Morgan fingerprint density at radius 3 is 2.80 bits per heavy atom. The molecule has 4 N–H and O–H groups in total. The number of anilines is 2. The minimum absolute atomic E-state index is 0.0532. The third-order valence-corrected chi connectivity index (χ3v) is 3.46. The second-order valence-corrected chi connectivity index (χ2v) is 5.58. The zero-order chi connectivity index (χ0) is 14.9. The number of nitrogens with two attached hydrogens (primary N) is 1. The Kier molecular flexibility index (Phi) is 3.76. The third-order valence-electron chi connectivity index (χ3n) is 3.46. The van der Waals surface area contributed by atoms with Crippen LogP contribution >= 0.6 is 0 Å². The maximum atomic E-state index is 14.0. The summed E-state index contributed by atoms with van der Waals surface area (Å²) in [5.74, 6) is -0.981. The van der Waals surface area contributed by atoms with Gasteiger partial charge in [-0.1, -0.05) is 0 Å². The van der Waals surface area contributed by atoms with Crippen LogP contribution in [0.5, 0.6) is 0 Å². The number of nitrogens with one attached hydrogen (secondary N) is 2.